The molecule has 0 bridgehead atoms. The molecule has 0 saturated carbocycles. The van der Waals surface area contributed by atoms with Crippen molar-refractivity contribution in [3.8, 4) is 33.5 Å². The standard InChI is InChI=1S/C35H33N3O3S2/c1-21-10-12-25(13-11-21)33-23(3)34-30-16-27(37-43-20-28-17-31(36-41-28)24-8-6-5-7-9-24)15-14-26(30)19-38(42-4)35(34)22(2)29(33)18-32(39)40/h5-17,37H,18-20H2,1-4H3,(H,39,40). The fourth-order valence-electron chi connectivity index (χ4n) is 5.89. The van der Waals surface area contributed by atoms with Gasteiger partial charge in [-0.05, 0) is 83.8 Å². The topological polar surface area (TPSA) is 78.6 Å². The second-order valence-corrected chi connectivity index (χ2v) is 12.4. The molecule has 4 aromatic carbocycles. The molecule has 0 amide bonds. The molecule has 5 aromatic rings. The Morgan fingerprint density at radius 1 is 0.953 bits per heavy atom. The Balaban J connectivity index is 1.36. The van der Waals surface area contributed by atoms with E-state index in [0.29, 0.717) is 5.75 Å². The highest BCUT2D eigenvalue weighted by atomic mass is 32.2. The van der Waals surface area contributed by atoms with Crippen molar-refractivity contribution in [2.75, 3.05) is 15.3 Å². The second kappa shape index (κ2) is 12.2. The lowest BCUT2D eigenvalue weighted by molar-refractivity contribution is -0.136. The van der Waals surface area contributed by atoms with Crippen LogP contribution in [0.1, 0.15) is 33.6 Å². The van der Waals surface area contributed by atoms with E-state index in [1.165, 1.54) is 16.7 Å². The fraction of sp³-hybridized carbons (Fsp3) is 0.200. The van der Waals surface area contributed by atoms with Gasteiger partial charge >= 0.3 is 5.97 Å². The normalized spacial score (nSPS) is 12.1. The van der Waals surface area contributed by atoms with Crippen LogP contribution < -0.4 is 9.03 Å². The molecule has 218 valence electrons. The largest absolute Gasteiger partial charge is 0.481 e. The molecular weight excluding hydrogens is 575 g/mol. The van der Waals surface area contributed by atoms with Crippen molar-refractivity contribution in [1.82, 2.24) is 5.16 Å². The van der Waals surface area contributed by atoms with Crippen LogP contribution in [0, 0.1) is 20.8 Å². The van der Waals surface area contributed by atoms with Crippen LogP contribution in [0.3, 0.4) is 0 Å². The number of aryl methyl sites for hydroxylation is 1. The van der Waals surface area contributed by atoms with Crippen molar-refractivity contribution in [1.29, 1.82) is 0 Å². The average Bonchev–Trinajstić information content (AvgIpc) is 3.49. The number of carboxylic acids is 1. The van der Waals surface area contributed by atoms with E-state index in [1.807, 2.05) is 36.4 Å². The molecule has 6 rings (SSSR count). The second-order valence-electron chi connectivity index (χ2n) is 10.8. The monoisotopic (exact) mass is 607 g/mol. The van der Waals surface area contributed by atoms with Crippen LogP contribution in [0.25, 0.3) is 33.5 Å². The predicted octanol–water partition coefficient (Wildman–Crippen LogP) is 9.09. The first-order valence-corrected chi connectivity index (χ1v) is 16.3. The van der Waals surface area contributed by atoms with Crippen LogP contribution in [-0.4, -0.2) is 22.5 Å². The molecule has 0 spiro atoms. The van der Waals surface area contributed by atoms with Gasteiger partial charge in [0.15, 0.2) is 0 Å². The zero-order valence-electron chi connectivity index (χ0n) is 24.6. The number of carboxylic acid groups (broad SMARTS) is 1. The van der Waals surface area contributed by atoms with E-state index in [0.717, 1.165) is 68.3 Å². The molecule has 0 atom stereocenters. The number of hydrogen-bond donors (Lipinski definition) is 2. The van der Waals surface area contributed by atoms with Crippen LogP contribution in [0.5, 0.6) is 0 Å². The molecule has 8 heteroatoms. The number of anilines is 2. The maximum atomic E-state index is 12.1. The Morgan fingerprint density at radius 3 is 2.44 bits per heavy atom. The molecular formula is C35H33N3O3S2. The lowest BCUT2D eigenvalue weighted by atomic mass is 9.81. The summed E-state index contributed by atoms with van der Waals surface area (Å²) in [7, 11) is 0. The Labute approximate surface area is 260 Å². The highest BCUT2D eigenvalue weighted by Crippen LogP contribution is 2.50. The molecule has 43 heavy (non-hydrogen) atoms. The highest BCUT2D eigenvalue weighted by molar-refractivity contribution is 8.00. The molecule has 0 fully saturated rings. The van der Waals surface area contributed by atoms with Crippen molar-refractivity contribution in [3.63, 3.8) is 0 Å². The minimum Gasteiger partial charge on any atom is -0.481 e. The van der Waals surface area contributed by atoms with Gasteiger partial charge in [0, 0.05) is 29.1 Å². The van der Waals surface area contributed by atoms with Crippen molar-refractivity contribution in [2.45, 2.75) is 39.5 Å². The highest BCUT2D eigenvalue weighted by Gasteiger charge is 2.30. The molecule has 0 unspecified atom stereocenters. The SMILES string of the molecule is CSN1Cc2ccc(NSCc3cc(-c4ccccc4)no3)cc2-c2c(C)c(-c3ccc(C)cc3)c(CC(=O)O)c(C)c21. The van der Waals surface area contributed by atoms with E-state index >= 15 is 0 Å². The third kappa shape index (κ3) is 5.77. The van der Waals surface area contributed by atoms with E-state index in [1.54, 1.807) is 23.9 Å². The van der Waals surface area contributed by atoms with Gasteiger partial charge in [0.2, 0.25) is 0 Å². The minimum atomic E-state index is -0.825. The first-order chi connectivity index (χ1) is 20.8. The van der Waals surface area contributed by atoms with Crippen LogP contribution >= 0.6 is 23.9 Å². The van der Waals surface area contributed by atoms with Gasteiger partial charge in [0.05, 0.1) is 24.4 Å². The van der Waals surface area contributed by atoms with Crippen molar-refractivity contribution in [3.05, 3.63) is 112 Å². The van der Waals surface area contributed by atoms with Gasteiger partial charge in [-0.15, -0.1) is 0 Å². The lowest BCUT2D eigenvalue weighted by Crippen LogP contribution is -2.22. The van der Waals surface area contributed by atoms with Crippen molar-refractivity contribution < 1.29 is 14.4 Å². The van der Waals surface area contributed by atoms with Crippen molar-refractivity contribution >= 4 is 41.2 Å². The fourth-order valence-corrected chi connectivity index (χ4v) is 7.21. The number of aliphatic carboxylic acids is 1. The van der Waals surface area contributed by atoms with E-state index in [4.69, 9.17) is 4.52 Å². The van der Waals surface area contributed by atoms with Gasteiger partial charge in [-0.3, -0.25) is 4.79 Å². The molecule has 1 aliphatic rings. The summed E-state index contributed by atoms with van der Waals surface area (Å²) in [6.07, 6.45) is 2.05. The maximum Gasteiger partial charge on any atom is 0.307 e. The Hall–Kier alpha value is -4.14. The summed E-state index contributed by atoms with van der Waals surface area (Å²) in [5.74, 6) is 0.603. The zero-order valence-corrected chi connectivity index (χ0v) is 26.2. The summed E-state index contributed by atoms with van der Waals surface area (Å²) in [5.41, 5.74) is 13.8. The third-order valence-electron chi connectivity index (χ3n) is 7.96. The van der Waals surface area contributed by atoms with Crippen LogP contribution in [-0.2, 0) is 23.5 Å². The Morgan fingerprint density at radius 2 is 1.72 bits per heavy atom. The molecule has 2 N–H and O–H groups in total. The summed E-state index contributed by atoms with van der Waals surface area (Å²) in [4.78, 5) is 12.1. The summed E-state index contributed by atoms with van der Waals surface area (Å²) in [5, 5.41) is 14.1. The number of fused-ring (bicyclic) bond motifs is 3. The first-order valence-electron chi connectivity index (χ1n) is 14.1. The van der Waals surface area contributed by atoms with Gasteiger partial charge in [0.25, 0.3) is 0 Å². The van der Waals surface area contributed by atoms with E-state index in [-0.39, 0.29) is 6.42 Å². The molecule has 0 radical (unpaired) electrons. The van der Waals surface area contributed by atoms with Crippen LogP contribution in [0.4, 0.5) is 11.4 Å². The summed E-state index contributed by atoms with van der Waals surface area (Å²) >= 11 is 3.23. The van der Waals surface area contributed by atoms with E-state index < -0.39 is 5.97 Å². The van der Waals surface area contributed by atoms with Gasteiger partial charge in [-0.25, -0.2) is 0 Å². The summed E-state index contributed by atoms with van der Waals surface area (Å²) < 4.78 is 11.4. The van der Waals surface area contributed by atoms with Crippen LogP contribution in [0.2, 0.25) is 0 Å². The number of nitrogens with one attached hydrogen (secondary N) is 1. The van der Waals surface area contributed by atoms with E-state index in [9.17, 15) is 9.90 Å². The van der Waals surface area contributed by atoms with Gasteiger partial charge in [-0.1, -0.05) is 83.3 Å². The predicted molar refractivity (Wildman–Crippen MR) is 179 cm³/mol. The molecule has 0 saturated heterocycles. The number of nitrogens with zero attached hydrogens (tertiary/aromatic N) is 2. The molecule has 2 heterocycles. The van der Waals surface area contributed by atoms with Crippen LogP contribution in [0.15, 0.2) is 83.4 Å². The summed E-state index contributed by atoms with van der Waals surface area (Å²) in [6.45, 7) is 7.02. The Bertz CT molecular complexity index is 1800. The summed E-state index contributed by atoms with van der Waals surface area (Å²) in [6, 6.07) is 26.9. The van der Waals surface area contributed by atoms with Gasteiger partial charge in [0.1, 0.15) is 11.5 Å². The molecule has 1 aromatic heterocycles. The quantitative estimate of drug-likeness (QED) is 0.161. The van der Waals surface area contributed by atoms with Crippen molar-refractivity contribution in [2.24, 2.45) is 0 Å². The lowest BCUT2D eigenvalue weighted by Gasteiger charge is -2.36. The Kier molecular flexibility index (Phi) is 8.23. The maximum absolute atomic E-state index is 12.1. The number of benzene rings is 4. The number of rotatable bonds is 9. The van der Waals surface area contributed by atoms with E-state index in [2.05, 4.69) is 83.7 Å². The zero-order chi connectivity index (χ0) is 30.1. The first kappa shape index (κ1) is 29.0. The van der Waals surface area contributed by atoms with Gasteiger partial charge in [-0.2, -0.15) is 0 Å². The molecule has 0 aliphatic carbocycles. The third-order valence-corrected chi connectivity index (χ3v) is 9.52. The minimum absolute atomic E-state index is 0.0237. The average molecular weight is 608 g/mol. The number of hydrogen-bond acceptors (Lipinski definition) is 7. The number of aromatic nitrogens is 1. The molecule has 1 aliphatic heterocycles. The van der Waals surface area contributed by atoms with Gasteiger partial charge < -0.3 is 18.7 Å². The molecule has 6 nitrogen and oxygen atoms in total. The number of carbonyl (C=O) groups is 1. The smallest absolute Gasteiger partial charge is 0.307 e.